The van der Waals surface area contributed by atoms with Crippen LogP contribution in [-0.2, 0) is 41.4 Å². The summed E-state index contributed by atoms with van der Waals surface area (Å²) in [6, 6.07) is 21.8. The van der Waals surface area contributed by atoms with E-state index < -0.39 is 10.0 Å². The average molecular weight is 548 g/mol. The average Bonchev–Trinajstić information content (AvgIpc) is 3.17. The molecule has 0 unspecified atom stereocenters. The van der Waals surface area contributed by atoms with Crippen molar-refractivity contribution in [1.82, 2.24) is 19.3 Å². The third-order valence-electron chi connectivity index (χ3n) is 6.62. The van der Waals surface area contributed by atoms with Gasteiger partial charge >= 0.3 is 5.69 Å². The van der Waals surface area contributed by atoms with Gasteiger partial charge in [0.1, 0.15) is 11.6 Å². The Labute approximate surface area is 230 Å². The summed E-state index contributed by atoms with van der Waals surface area (Å²) in [4.78, 5) is 17.4. The van der Waals surface area contributed by atoms with Gasteiger partial charge < -0.3 is 0 Å². The molecule has 0 saturated carbocycles. The quantitative estimate of drug-likeness (QED) is 0.301. The Morgan fingerprint density at radius 1 is 0.897 bits per heavy atom. The molecule has 9 heteroatoms. The Bertz CT molecular complexity index is 1580. The van der Waals surface area contributed by atoms with Crippen LogP contribution >= 0.6 is 0 Å². The summed E-state index contributed by atoms with van der Waals surface area (Å²) < 4.78 is 28.7. The van der Waals surface area contributed by atoms with Gasteiger partial charge in [-0.05, 0) is 54.0 Å². The molecule has 0 amide bonds. The van der Waals surface area contributed by atoms with Crippen LogP contribution in [-0.4, -0.2) is 34.0 Å². The van der Waals surface area contributed by atoms with E-state index in [0.717, 1.165) is 36.0 Å². The lowest BCUT2D eigenvalue weighted by molar-refractivity contribution is 0.588. The second-order valence-electron chi connectivity index (χ2n) is 10.9. The summed E-state index contributed by atoms with van der Waals surface area (Å²) in [5.41, 5.74) is 5.12. The number of anilines is 1. The molecule has 0 aliphatic heterocycles. The summed E-state index contributed by atoms with van der Waals surface area (Å²) in [5.74, 6) is 1.10. The second-order valence-corrected chi connectivity index (χ2v) is 12.6. The minimum Gasteiger partial charge on any atom is -0.279 e. The monoisotopic (exact) mass is 547 g/mol. The van der Waals surface area contributed by atoms with Crippen LogP contribution < -0.4 is 10.4 Å². The van der Waals surface area contributed by atoms with E-state index in [9.17, 15) is 13.2 Å². The predicted octanol–water partition coefficient (Wildman–Crippen LogP) is 5.02. The maximum absolute atomic E-state index is 13.0. The van der Waals surface area contributed by atoms with Crippen LogP contribution in [0.2, 0.25) is 0 Å². The van der Waals surface area contributed by atoms with Gasteiger partial charge in [0.2, 0.25) is 10.0 Å². The normalized spacial score (nSPS) is 12.0. The smallest absolute Gasteiger partial charge is 0.279 e. The maximum Gasteiger partial charge on any atom is 0.346 e. The Kier molecular flexibility index (Phi) is 8.39. The lowest BCUT2D eigenvalue weighted by Gasteiger charge is -2.19. The topological polar surface area (TPSA) is 98.9 Å². The SMILES string of the molecule is CCn1c(CCCc2ccc(-c3cccc(NS(C)(=O)=O)n3)cc2)nn(Cc2ccc(C(C)(C)C)cc2)c1=O. The first-order chi connectivity index (χ1) is 18.4. The van der Waals surface area contributed by atoms with Gasteiger partial charge in [-0.25, -0.2) is 22.9 Å². The number of nitrogens with one attached hydrogen (secondary N) is 1. The standard InChI is InChI=1S/C30H37N5O3S/c1-6-34-28(32-35(29(34)36)21-23-15-19-25(20-16-23)30(2,3)4)12-7-9-22-13-17-24(18-14-22)26-10-8-11-27(31-26)33-39(5,37)38/h8,10-11,13-20H,6-7,9,12,21H2,1-5H3,(H,31,33). The zero-order valence-corrected chi connectivity index (χ0v) is 24.1. The number of hydrogen-bond donors (Lipinski definition) is 1. The number of sulfonamides is 1. The highest BCUT2D eigenvalue weighted by Gasteiger charge is 2.15. The molecule has 2 aromatic carbocycles. The van der Waals surface area contributed by atoms with E-state index in [1.807, 2.05) is 25.1 Å². The number of aromatic nitrogens is 4. The number of pyridine rings is 1. The summed E-state index contributed by atoms with van der Waals surface area (Å²) in [7, 11) is -3.39. The number of nitrogens with zero attached hydrogens (tertiary/aromatic N) is 4. The zero-order chi connectivity index (χ0) is 28.2. The molecular weight excluding hydrogens is 510 g/mol. The molecule has 0 atom stereocenters. The van der Waals surface area contributed by atoms with Crippen LogP contribution in [0.1, 0.15) is 56.6 Å². The summed E-state index contributed by atoms with van der Waals surface area (Å²) in [5, 5.41) is 4.68. The highest BCUT2D eigenvalue weighted by atomic mass is 32.2. The molecule has 39 heavy (non-hydrogen) atoms. The van der Waals surface area contributed by atoms with Crippen molar-refractivity contribution >= 4 is 15.8 Å². The molecule has 0 spiro atoms. The molecule has 1 N–H and O–H groups in total. The Morgan fingerprint density at radius 3 is 2.18 bits per heavy atom. The van der Waals surface area contributed by atoms with E-state index in [0.29, 0.717) is 31.0 Å². The first-order valence-electron chi connectivity index (χ1n) is 13.2. The van der Waals surface area contributed by atoms with Crippen molar-refractivity contribution in [3.05, 3.63) is 99.7 Å². The Morgan fingerprint density at radius 2 is 1.56 bits per heavy atom. The third-order valence-corrected chi connectivity index (χ3v) is 7.20. The van der Waals surface area contributed by atoms with Gasteiger partial charge in [0.05, 0.1) is 18.5 Å². The van der Waals surface area contributed by atoms with E-state index in [1.165, 1.54) is 11.1 Å². The maximum atomic E-state index is 13.0. The first-order valence-corrected chi connectivity index (χ1v) is 15.1. The Hall–Kier alpha value is -3.72. The largest absolute Gasteiger partial charge is 0.346 e. The fourth-order valence-electron chi connectivity index (χ4n) is 4.51. The molecule has 4 rings (SSSR count). The lowest BCUT2D eigenvalue weighted by atomic mass is 9.87. The fraction of sp³-hybridized carbons (Fsp3) is 0.367. The summed E-state index contributed by atoms with van der Waals surface area (Å²) in [6.45, 7) is 9.59. The van der Waals surface area contributed by atoms with Gasteiger partial charge in [-0.15, -0.1) is 0 Å². The molecule has 0 aliphatic carbocycles. The van der Waals surface area contributed by atoms with Crippen LogP contribution in [0.25, 0.3) is 11.3 Å². The molecular formula is C30H37N5O3S. The van der Waals surface area contributed by atoms with Gasteiger partial charge in [-0.3, -0.25) is 9.29 Å². The number of hydrogen-bond acceptors (Lipinski definition) is 5. The van der Waals surface area contributed by atoms with Crippen LogP contribution in [0.5, 0.6) is 0 Å². The highest BCUT2D eigenvalue weighted by molar-refractivity contribution is 7.92. The van der Waals surface area contributed by atoms with Crippen LogP contribution in [0, 0.1) is 0 Å². The van der Waals surface area contributed by atoms with E-state index in [-0.39, 0.29) is 11.1 Å². The van der Waals surface area contributed by atoms with E-state index in [2.05, 4.69) is 72.0 Å². The van der Waals surface area contributed by atoms with Crippen molar-refractivity contribution in [3.63, 3.8) is 0 Å². The molecule has 0 fully saturated rings. The molecule has 0 bridgehead atoms. The number of aryl methyl sites for hydroxylation is 2. The van der Waals surface area contributed by atoms with Crippen molar-refractivity contribution in [2.45, 2.75) is 65.5 Å². The highest BCUT2D eigenvalue weighted by Crippen LogP contribution is 2.23. The molecule has 0 saturated heterocycles. The van der Waals surface area contributed by atoms with Gasteiger partial charge in [0.25, 0.3) is 0 Å². The van der Waals surface area contributed by atoms with E-state index in [4.69, 9.17) is 0 Å². The van der Waals surface area contributed by atoms with Gasteiger partial charge in [0.15, 0.2) is 0 Å². The second kappa shape index (κ2) is 11.6. The fourth-order valence-corrected chi connectivity index (χ4v) is 5.00. The predicted molar refractivity (Wildman–Crippen MR) is 157 cm³/mol. The third kappa shape index (κ3) is 7.44. The van der Waals surface area contributed by atoms with Crippen molar-refractivity contribution in [2.75, 3.05) is 11.0 Å². The van der Waals surface area contributed by atoms with Gasteiger partial charge in [-0.2, -0.15) is 5.10 Å². The van der Waals surface area contributed by atoms with Crippen LogP contribution in [0.3, 0.4) is 0 Å². The summed E-state index contributed by atoms with van der Waals surface area (Å²) in [6.07, 6.45) is 3.53. The minimum absolute atomic E-state index is 0.0724. The van der Waals surface area contributed by atoms with E-state index in [1.54, 1.807) is 21.4 Å². The molecule has 8 nitrogen and oxygen atoms in total. The molecule has 0 aliphatic rings. The van der Waals surface area contributed by atoms with Gasteiger partial charge in [0, 0.05) is 18.5 Å². The molecule has 2 aromatic heterocycles. The minimum atomic E-state index is -3.39. The van der Waals surface area contributed by atoms with Gasteiger partial charge in [-0.1, -0.05) is 75.4 Å². The van der Waals surface area contributed by atoms with Crippen LogP contribution in [0.4, 0.5) is 5.82 Å². The van der Waals surface area contributed by atoms with E-state index >= 15 is 0 Å². The molecule has 206 valence electrons. The molecule has 4 aromatic rings. The molecule has 2 heterocycles. The number of benzene rings is 2. The Balaban J connectivity index is 1.39. The van der Waals surface area contributed by atoms with Crippen LogP contribution in [0.15, 0.2) is 71.5 Å². The van der Waals surface area contributed by atoms with Crippen molar-refractivity contribution in [2.24, 2.45) is 0 Å². The zero-order valence-electron chi connectivity index (χ0n) is 23.3. The first kappa shape index (κ1) is 28.3. The van der Waals surface area contributed by atoms with Crippen molar-refractivity contribution in [3.8, 4) is 11.3 Å². The summed E-state index contributed by atoms with van der Waals surface area (Å²) >= 11 is 0. The number of rotatable bonds is 10. The van der Waals surface area contributed by atoms with Crippen molar-refractivity contribution in [1.29, 1.82) is 0 Å². The van der Waals surface area contributed by atoms with Crippen molar-refractivity contribution < 1.29 is 8.42 Å². The lowest BCUT2D eigenvalue weighted by Crippen LogP contribution is -2.25. The molecule has 0 radical (unpaired) electrons.